The van der Waals surface area contributed by atoms with Crippen molar-refractivity contribution < 1.29 is 0 Å². The highest BCUT2D eigenvalue weighted by atomic mass is 35.5. The Bertz CT molecular complexity index is 805. The molecule has 0 aliphatic heterocycles. The van der Waals surface area contributed by atoms with Gasteiger partial charge >= 0.3 is 0 Å². The summed E-state index contributed by atoms with van der Waals surface area (Å²) in [6, 6.07) is 9.66. The first-order chi connectivity index (χ1) is 11.1. The molecule has 0 saturated carbocycles. The molecular weight excluding hydrogens is 351 g/mol. The zero-order chi connectivity index (χ0) is 16.4. The Hall–Kier alpha value is -1.43. The molecule has 0 atom stereocenters. The number of aryl methyl sites for hydroxylation is 1. The quantitative estimate of drug-likeness (QED) is 0.629. The summed E-state index contributed by atoms with van der Waals surface area (Å²) in [6.07, 6.45) is 2.78. The van der Waals surface area contributed by atoms with Crippen molar-refractivity contribution in [3.05, 3.63) is 63.7 Å². The fourth-order valence-electron chi connectivity index (χ4n) is 2.27. The number of halogens is 2. The summed E-state index contributed by atoms with van der Waals surface area (Å²) in [5, 5.41) is 10.8. The molecule has 0 N–H and O–H groups in total. The lowest BCUT2D eigenvalue weighted by atomic mass is 10.2. The third-order valence-corrected chi connectivity index (χ3v) is 5.48. The minimum Gasteiger partial charge on any atom is -0.354 e. The molecule has 3 rings (SSSR count). The number of aromatic nitrogens is 4. The van der Waals surface area contributed by atoms with E-state index in [0.717, 1.165) is 23.0 Å². The van der Waals surface area contributed by atoms with Crippen LogP contribution in [-0.2, 0) is 26.3 Å². The van der Waals surface area contributed by atoms with Gasteiger partial charge in [-0.1, -0.05) is 41.0 Å². The molecule has 0 amide bonds. The SMILES string of the molecule is Cn1cccc1Cc1nnc(SCc2c(Cl)cccc2Cl)n1C. The molecule has 0 unspecified atom stereocenters. The fourth-order valence-corrected chi connectivity index (χ4v) is 3.95. The second-order valence-corrected chi connectivity index (χ2v) is 6.99. The lowest BCUT2D eigenvalue weighted by Crippen LogP contribution is -2.03. The molecule has 1 aromatic carbocycles. The van der Waals surface area contributed by atoms with E-state index in [-0.39, 0.29) is 0 Å². The monoisotopic (exact) mass is 366 g/mol. The summed E-state index contributed by atoms with van der Waals surface area (Å²) in [4.78, 5) is 0. The second kappa shape index (κ2) is 6.99. The van der Waals surface area contributed by atoms with Crippen LogP contribution in [0, 0.1) is 0 Å². The molecule has 0 bridgehead atoms. The number of thioether (sulfide) groups is 1. The Morgan fingerprint density at radius 3 is 2.43 bits per heavy atom. The van der Waals surface area contributed by atoms with Gasteiger partial charge in [0.1, 0.15) is 5.82 Å². The molecule has 0 fully saturated rings. The normalized spacial score (nSPS) is 11.1. The molecule has 7 heteroatoms. The lowest BCUT2D eigenvalue weighted by Gasteiger charge is -2.07. The molecule has 0 aliphatic carbocycles. The van der Waals surface area contributed by atoms with Crippen LogP contribution in [0.5, 0.6) is 0 Å². The summed E-state index contributed by atoms with van der Waals surface area (Å²) in [7, 11) is 4.01. The Balaban J connectivity index is 1.74. The molecule has 2 aromatic heterocycles. The van der Waals surface area contributed by atoms with Gasteiger partial charge in [0.25, 0.3) is 0 Å². The predicted octanol–water partition coefficient (Wildman–Crippen LogP) is 4.34. The van der Waals surface area contributed by atoms with Crippen LogP contribution in [0.15, 0.2) is 41.7 Å². The van der Waals surface area contributed by atoms with E-state index < -0.39 is 0 Å². The Morgan fingerprint density at radius 1 is 1.04 bits per heavy atom. The topological polar surface area (TPSA) is 35.6 Å². The summed E-state index contributed by atoms with van der Waals surface area (Å²) >= 11 is 14.0. The Kier molecular flexibility index (Phi) is 4.99. The van der Waals surface area contributed by atoms with Gasteiger partial charge in [-0.2, -0.15) is 0 Å². The highest BCUT2D eigenvalue weighted by molar-refractivity contribution is 7.98. The zero-order valence-electron chi connectivity index (χ0n) is 12.8. The van der Waals surface area contributed by atoms with E-state index >= 15 is 0 Å². The van der Waals surface area contributed by atoms with Crippen molar-refractivity contribution in [1.29, 1.82) is 0 Å². The van der Waals surface area contributed by atoms with Crippen LogP contribution in [0.2, 0.25) is 10.0 Å². The number of nitrogens with zero attached hydrogens (tertiary/aromatic N) is 4. The average molecular weight is 367 g/mol. The van der Waals surface area contributed by atoms with E-state index in [1.807, 2.05) is 49.1 Å². The van der Waals surface area contributed by atoms with E-state index in [1.54, 1.807) is 11.8 Å². The summed E-state index contributed by atoms with van der Waals surface area (Å²) in [6.45, 7) is 0. The highest BCUT2D eigenvalue weighted by Crippen LogP contribution is 2.30. The van der Waals surface area contributed by atoms with Crippen LogP contribution in [0.1, 0.15) is 17.1 Å². The van der Waals surface area contributed by atoms with Crippen molar-refractivity contribution in [3.8, 4) is 0 Å². The van der Waals surface area contributed by atoms with E-state index in [4.69, 9.17) is 23.2 Å². The van der Waals surface area contributed by atoms with E-state index in [1.165, 1.54) is 5.69 Å². The molecule has 23 heavy (non-hydrogen) atoms. The number of benzene rings is 1. The zero-order valence-corrected chi connectivity index (χ0v) is 15.2. The highest BCUT2D eigenvalue weighted by Gasteiger charge is 2.13. The van der Waals surface area contributed by atoms with Gasteiger partial charge in [-0.3, -0.25) is 0 Å². The molecule has 4 nitrogen and oxygen atoms in total. The minimum atomic E-state index is 0.661. The summed E-state index contributed by atoms with van der Waals surface area (Å²) in [5.41, 5.74) is 2.12. The van der Waals surface area contributed by atoms with Gasteiger partial charge in [0, 0.05) is 48.2 Å². The van der Waals surface area contributed by atoms with Crippen LogP contribution in [0.4, 0.5) is 0 Å². The average Bonchev–Trinajstić information content (AvgIpc) is 3.07. The van der Waals surface area contributed by atoms with Gasteiger partial charge in [-0.05, 0) is 29.8 Å². The van der Waals surface area contributed by atoms with Crippen LogP contribution < -0.4 is 0 Å². The van der Waals surface area contributed by atoms with Crippen LogP contribution in [-0.4, -0.2) is 19.3 Å². The Morgan fingerprint density at radius 2 is 1.78 bits per heavy atom. The molecule has 3 aromatic rings. The van der Waals surface area contributed by atoms with Gasteiger partial charge in [0.05, 0.1) is 0 Å². The van der Waals surface area contributed by atoms with Crippen molar-refractivity contribution in [1.82, 2.24) is 19.3 Å². The van der Waals surface area contributed by atoms with Crippen LogP contribution in [0.3, 0.4) is 0 Å². The molecule has 0 radical (unpaired) electrons. The van der Waals surface area contributed by atoms with Gasteiger partial charge < -0.3 is 9.13 Å². The van der Waals surface area contributed by atoms with Crippen molar-refractivity contribution in [2.24, 2.45) is 14.1 Å². The lowest BCUT2D eigenvalue weighted by molar-refractivity contribution is 0.731. The smallest absolute Gasteiger partial charge is 0.191 e. The predicted molar refractivity (Wildman–Crippen MR) is 95.2 cm³/mol. The maximum Gasteiger partial charge on any atom is 0.191 e. The molecule has 0 spiro atoms. The fraction of sp³-hybridized carbons (Fsp3) is 0.250. The number of rotatable bonds is 5. The number of hydrogen-bond acceptors (Lipinski definition) is 3. The third-order valence-electron chi connectivity index (χ3n) is 3.72. The van der Waals surface area contributed by atoms with Crippen molar-refractivity contribution >= 4 is 35.0 Å². The first-order valence-electron chi connectivity index (χ1n) is 7.10. The number of hydrogen-bond donors (Lipinski definition) is 0. The van der Waals surface area contributed by atoms with Crippen LogP contribution >= 0.6 is 35.0 Å². The minimum absolute atomic E-state index is 0.661. The summed E-state index contributed by atoms with van der Waals surface area (Å²) in [5.74, 6) is 1.59. The van der Waals surface area contributed by atoms with E-state index in [9.17, 15) is 0 Å². The first-order valence-corrected chi connectivity index (χ1v) is 8.84. The van der Waals surface area contributed by atoms with Crippen molar-refractivity contribution in [3.63, 3.8) is 0 Å². The van der Waals surface area contributed by atoms with Gasteiger partial charge in [-0.15, -0.1) is 10.2 Å². The largest absolute Gasteiger partial charge is 0.354 e. The molecule has 0 saturated heterocycles. The van der Waals surface area contributed by atoms with Gasteiger partial charge in [0.15, 0.2) is 5.16 Å². The van der Waals surface area contributed by atoms with E-state index in [0.29, 0.717) is 15.8 Å². The van der Waals surface area contributed by atoms with E-state index in [2.05, 4.69) is 20.8 Å². The second-order valence-electron chi connectivity index (χ2n) is 5.23. The standard InChI is InChI=1S/C16H16Cl2N4S/c1-21-8-4-5-11(21)9-15-19-20-16(22(15)2)23-10-12-13(17)6-3-7-14(12)18/h3-8H,9-10H2,1-2H3. The maximum atomic E-state index is 6.21. The van der Waals surface area contributed by atoms with Gasteiger partial charge in [-0.25, -0.2) is 0 Å². The maximum absolute atomic E-state index is 6.21. The van der Waals surface area contributed by atoms with Crippen molar-refractivity contribution in [2.75, 3.05) is 0 Å². The molecule has 2 heterocycles. The third kappa shape index (κ3) is 3.57. The molecule has 0 aliphatic rings. The van der Waals surface area contributed by atoms with Crippen molar-refractivity contribution in [2.45, 2.75) is 17.3 Å². The summed E-state index contributed by atoms with van der Waals surface area (Å²) < 4.78 is 4.10. The Labute approximate surface area is 149 Å². The van der Waals surface area contributed by atoms with Crippen LogP contribution in [0.25, 0.3) is 0 Å². The molecular formula is C16H16Cl2N4S. The molecule has 120 valence electrons. The first kappa shape index (κ1) is 16.4. The van der Waals surface area contributed by atoms with Gasteiger partial charge in [0.2, 0.25) is 0 Å².